The lowest BCUT2D eigenvalue weighted by Gasteiger charge is -2.18. The van der Waals surface area contributed by atoms with Gasteiger partial charge in [-0.15, -0.1) is 0 Å². The van der Waals surface area contributed by atoms with Crippen molar-refractivity contribution in [2.75, 3.05) is 32.6 Å². The molecule has 1 unspecified atom stereocenters. The van der Waals surface area contributed by atoms with Crippen LogP contribution in [0.3, 0.4) is 0 Å². The van der Waals surface area contributed by atoms with Crippen molar-refractivity contribution < 1.29 is 14.3 Å². The fourth-order valence-electron chi connectivity index (χ4n) is 2.55. The lowest BCUT2D eigenvalue weighted by Crippen LogP contribution is -2.29. The number of carbonyl (C=O) groups is 1. The molecule has 1 atom stereocenters. The van der Waals surface area contributed by atoms with Gasteiger partial charge in [0.05, 0.1) is 19.8 Å². The minimum absolute atomic E-state index is 0.0431. The Kier molecular flexibility index (Phi) is 5.29. The van der Waals surface area contributed by atoms with Crippen LogP contribution in [0, 0.1) is 5.92 Å². The van der Waals surface area contributed by atoms with Gasteiger partial charge in [0.25, 0.3) is 5.91 Å². The van der Waals surface area contributed by atoms with Crippen molar-refractivity contribution in [2.45, 2.75) is 12.8 Å². The maximum absolute atomic E-state index is 12.6. The highest BCUT2D eigenvalue weighted by atomic mass is 79.9. The van der Waals surface area contributed by atoms with Gasteiger partial charge in [-0.2, -0.15) is 0 Å². The van der Waals surface area contributed by atoms with Crippen LogP contribution in [0.15, 0.2) is 18.2 Å². The number of hydrogen-bond donors (Lipinski definition) is 0. The molecule has 20 heavy (non-hydrogen) atoms. The number of amides is 1. The molecule has 0 aliphatic carbocycles. The zero-order valence-electron chi connectivity index (χ0n) is 11.9. The number of carbonyl (C=O) groups excluding carboxylic acids is 1. The van der Waals surface area contributed by atoms with E-state index in [1.54, 1.807) is 32.4 Å². The molecular formula is C15H20BrNO3. The predicted molar refractivity (Wildman–Crippen MR) is 82.0 cm³/mol. The van der Waals surface area contributed by atoms with Crippen LogP contribution < -0.4 is 9.47 Å². The standard InChI is InChI=1S/C15H20BrNO3/c1-19-12-3-4-13(14(9-12)20-2)15(18)17-8-6-11(10-17)5-7-16/h3-4,9,11H,5-8,10H2,1-2H3. The molecule has 0 aromatic heterocycles. The maximum Gasteiger partial charge on any atom is 0.257 e. The van der Waals surface area contributed by atoms with E-state index in [1.807, 2.05) is 4.90 Å². The molecule has 2 rings (SSSR count). The molecular weight excluding hydrogens is 322 g/mol. The fraction of sp³-hybridized carbons (Fsp3) is 0.533. The molecule has 1 aromatic rings. The van der Waals surface area contributed by atoms with E-state index in [1.165, 1.54) is 0 Å². The first kappa shape index (κ1) is 15.2. The minimum Gasteiger partial charge on any atom is -0.497 e. The lowest BCUT2D eigenvalue weighted by atomic mass is 10.1. The van der Waals surface area contributed by atoms with Gasteiger partial charge in [-0.25, -0.2) is 0 Å². The first-order chi connectivity index (χ1) is 9.69. The summed E-state index contributed by atoms with van der Waals surface area (Å²) >= 11 is 3.46. The Labute approximate surface area is 128 Å². The van der Waals surface area contributed by atoms with Gasteiger partial charge < -0.3 is 14.4 Å². The number of halogens is 1. The summed E-state index contributed by atoms with van der Waals surface area (Å²) in [6, 6.07) is 5.32. The average molecular weight is 342 g/mol. The van der Waals surface area contributed by atoms with E-state index in [0.29, 0.717) is 23.0 Å². The number of alkyl halides is 1. The minimum atomic E-state index is 0.0431. The number of rotatable bonds is 5. The summed E-state index contributed by atoms with van der Waals surface area (Å²) in [6.45, 7) is 1.66. The Morgan fingerprint density at radius 2 is 2.20 bits per heavy atom. The zero-order chi connectivity index (χ0) is 14.5. The van der Waals surface area contributed by atoms with Crippen LogP contribution in [0.25, 0.3) is 0 Å². The molecule has 1 heterocycles. The molecule has 1 saturated heterocycles. The molecule has 0 saturated carbocycles. The Morgan fingerprint density at radius 3 is 2.85 bits per heavy atom. The van der Waals surface area contributed by atoms with Gasteiger partial charge in [-0.1, -0.05) is 15.9 Å². The lowest BCUT2D eigenvalue weighted by molar-refractivity contribution is 0.0783. The maximum atomic E-state index is 12.6. The summed E-state index contributed by atoms with van der Waals surface area (Å²) in [7, 11) is 3.17. The van der Waals surface area contributed by atoms with E-state index in [4.69, 9.17) is 9.47 Å². The first-order valence-corrected chi connectivity index (χ1v) is 7.89. The van der Waals surface area contributed by atoms with Crippen molar-refractivity contribution in [3.05, 3.63) is 23.8 Å². The van der Waals surface area contributed by atoms with E-state index in [0.717, 1.165) is 31.3 Å². The van der Waals surface area contributed by atoms with Gasteiger partial charge >= 0.3 is 0 Å². The van der Waals surface area contributed by atoms with E-state index in [2.05, 4.69) is 15.9 Å². The van der Waals surface area contributed by atoms with Gasteiger partial charge in [0.2, 0.25) is 0 Å². The SMILES string of the molecule is COc1ccc(C(=O)N2CCC(CCBr)C2)c(OC)c1. The smallest absolute Gasteiger partial charge is 0.257 e. The number of benzene rings is 1. The van der Waals surface area contributed by atoms with Crippen LogP contribution in [-0.4, -0.2) is 43.4 Å². The third-order valence-electron chi connectivity index (χ3n) is 3.73. The van der Waals surface area contributed by atoms with Crippen LogP contribution in [-0.2, 0) is 0 Å². The molecule has 0 spiro atoms. The van der Waals surface area contributed by atoms with Gasteiger partial charge in [-0.3, -0.25) is 4.79 Å². The summed E-state index contributed by atoms with van der Waals surface area (Å²) in [6.07, 6.45) is 2.19. The molecule has 5 heteroatoms. The molecule has 1 amide bonds. The summed E-state index contributed by atoms with van der Waals surface area (Å²) in [4.78, 5) is 14.5. The predicted octanol–water partition coefficient (Wildman–Crippen LogP) is 2.95. The van der Waals surface area contributed by atoms with Crippen molar-refractivity contribution in [1.29, 1.82) is 0 Å². The molecule has 0 bridgehead atoms. The first-order valence-electron chi connectivity index (χ1n) is 6.76. The normalized spacial score (nSPS) is 18.1. The number of likely N-dealkylation sites (tertiary alicyclic amines) is 1. The second kappa shape index (κ2) is 6.97. The number of methoxy groups -OCH3 is 2. The molecule has 0 N–H and O–H groups in total. The van der Waals surface area contributed by atoms with E-state index >= 15 is 0 Å². The van der Waals surface area contributed by atoms with Crippen LogP contribution in [0.4, 0.5) is 0 Å². The summed E-state index contributed by atoms with van der Waals surface area (Å²) in [5.74, 6) is 1.90. The van der Waals surface area contributed by atoms with E-state index < -0.39 is 0 Å². The molecule has 1 aromatic carbocycles. The Balaban J connectivity index is 2.13. The number of nitrogens with zero attached hydrogens (tertiary/aromatic N) is 1. The number of ether oxygens (including phenoxy) is 2. The van der Waals surface area contributed by atoms with Gasteiger partial charge in [0.1, 0.15) is 11.5 Å². The second-order valence-corrected chi connectivity index (χ2v) is 5.74. The van der Waals surface area contributed by atoms with Crippen molar-refractivity contribution in [2.24, 2.45) is 5.92 Å². The van der Waals surface area contributed by atoms with E-state index in [9.17, 15) is 4.79 Å². The van der Waals surface area contributed by atoms with Crippen molar-refractivity contribution in [3.8, 4) is 11.5 Å². The van der Waals surface area contributed by atoms with Crippen molar-refractivity contribution in [3.63, 3.8) is 0 Å². The van der Waals surface area contributed by atoms with Crippen molar-refractivity contribution >= 4 is 21.8 Å². The molecule has 1 fully saturated rings. The second-order valence-electron chi connectivity index (χ2n) is 4.95. The topological polar surface area (TPSA) is 38.8 Å². The molecule has 1 aliphatic rings. The summed E-state index contributed by atoms with van der Waals surface area (Å²) < 4.78 is 10.5. The van der Waals surface area contributed by atoms with Crippen molar-refractivity contribution in [1.82, 2.24) is 4.90 Å². The quantitative estimate of drug-likeness (QED) is 0.773. The average Bonchev–Trinajstić information content (AvgIpc) is 2.94. The molecule has 0 radical (unpaired) electrons. The third-order valence-corrected chi connectivity index (χ3v) is 4.19. The summed E-state index contributed by atoms with van der Waals surface area (Å²) in [5, 5.41) is 0.992. The molecule has 110 valence electrons. The highest BCUT2D eigenvalue weighted by molar-refractivity contribution is 9.09. The fourth-order valence-corrected chi connectivity index (χ4v) is 3.20. The van der Waals surface area contributed by atoms with Crippen LogP contribution >= 0.6 is 15.9 Å². The highest BCUT2D eigenvalue weighted by Crippen LogP contribution is 2.28. The third kappa shape index (κ3) is 3.26. The zero-order valence-corrected chi connectivity index (χ0v) is 13.5. The summed E-state index contributed by atoms with van der Waals surface area (Å²) in [5.41, 5.74) is 0.604. The van der Waals surface area contributed by atoms with Gasteiger partial charge in [0.15, 0.2) is 0 Å². The van der Waals surface area contributed by atoms with Gasteiger partial charge in [0, 0.05) is 24.5 Å². The molecule has 4 nitrogen and oxygen atoms in total. The van der Waals surface area contributed by atoms with Crippen LogP contribution in [0.2, 0.25) is 0 Å². The van der Waals surface area contributed by atoms with Crippen LogP contribution in [0.5, 0.6) is 11.5 Å². The number of hydrogen-bond acceptors (Lipinski definition) is 3. The Bertz CT molecular complexity index is 478. The Hall–Kier alpha value is -1.23. The Morgan fingerprint density at radius 1 is 1.40 bits per heavy atom. The monoisotopic (exact) mass is 341 g/mol. The van der Waals surface area contributed by atoms with Gasteiger partial charge in [-0.05, 0) is 30.9 Å². The largest absolute Gasteiger partial charge is 0.497 e. The highest BCUT2D eigenvalue weighted by Gasteiger charge is 2.28. The van der Waals surface area contributed by atoms with Crippen LogP contribution in [0.1, 0.15) is 23.2 Å². The molecule has 1 aliphatic heterocycles. The van der Waals surface area contributed by atoms with E-state index in [-0.39, 0.29) is 5.91 Å².